The van der Waals surface area contributed by atoms with Gasteiger partial charge in [-0.2, -0.15) is 0 Å². The predicted octanol–water partition coefficient (Wildman–Crippen LogP) is 3.93. The molecule has 6 nitrogen and oxygen atoms in total. The minimum Gasteiger partial charge on any atom is -0.611 e. The zero-order valence-electron chi connectivity index (χ0n) is 16.5. The topological polar surface area (TPSA) is 83.9 Å². The Morgan fingerprint density at radius 3 is 2.50 bits per heavy atom. The summed E-state index contributed by atoms with van der Waals surface area (Å²) in [4.78, 5) is 28.1. The summed E-state index contributed by atoms with van der Waals surface area (Å²) in [5.74, 6) is -1.88. The molecule has 0 spiro atoms. The lowest BCUT2D eigenvalue weighted by atomic mass is 10.0. The molecule has 1 aliphatic rings. The second-order valence-electron chi connectivity index (χ2n) is 7.18. The summed E-state index contributed by atoms with van der Waals surface area (Å²) >= 11 is 10.6. The normalized spacial score (nSPS) is 20.2. The van der Waals surface area contributed by atoms with E-state index >= 15 is 0 Å². The lowest BCUT2D eigenvalue weighted by Gasteiger charge is -2.46. The molecule has 0 saturated carbocycles. The zero-order valence-corrected chi connectivity index (χ0v) is 18.9. The Balaban J connectivity index is 1.76. The average Bonchev–Trinajstić information content (AvgIpc) is 2.68. The van der Waals surface area contributed by atoms with Crippen molar-refractivity contribution in [2.45, 2.75) is 30.8 Å². The molecule has 0 bridgehead atoms. The van der Waals surface area contributed by atoms with Gasteiger partial charge in [0.25, 0.3) is 5.91 Å². The molecule has 3 atom stereocenters. The first-order valence-electron chi connectivity index (χ1n) is 9.42. The van der Waals surface area contributed by atoms with Gasteiger partial charge in [0.1, 0.15) is 0 Å². The number of hydrogen-bond donors (Lipinski definition) is 1. The minimum atomic E-state index is -1.77. The van der Waals surface area contributed by atoms with Crippen LogP contribution in [0.4, 0.5) is 5.69 Å². The molecule has 1 saturated heterocycles. The van der Waals surface area contributed by atoms with Crippen LogP contribution in [0.25, 0.3) is 0 Å². The van der Waals surface area contributed by atoms with Gasteiger partial charge in [-0.15, -0.1) is 0 Å². The van der Waals surface area contributed by atoms with Crippen molar-refractivity contribution >= 4 is 51.9 Å². The van der Waals surface area contributed by atoms with Crippen molar-refractivity contribution in [2.24, 2.45) is 0 Å². The number of carboxylic acids is 1. The number of carboxylic acid groups (broad SMARTS) is 1. The number of amides is 1. The Morgan fingerprint density at radius 2 is 1.87 bits per heavy atom. The highest BCUT2D eigenvalue weighted by atomic mass is 35.5. The maximum absolute atomic E-state index is 13.1. The molecule has 3 rings (SSSR count). The van der Waals surface area contributed by atoms with Gasteiger partial charge in [-0.3, -0.25) is 4.79 Å². The molecule has 1 N–H and O–H groups in total. The lowest BCUT2D eigenvalue weighted by Crippen LogP contribution is -2.59. The fourth-order valence-corrected chi connectivity index (χ4v) is 5.12. The second kappa shape index (κ2) is 9.47. The van der Waals surface area contributed by atoms with Crippen molar-refractivity contribution in [1.82, 2.24) is 4.90 Å². The predicted molar refractivity (Wildman–Crippen MR) is 119 cm³/mol. The van der Waals surface area contributed by atoms with Gasteiger partial charge in [0.15, 0.2) is 4.90 Å². The van der Waals surface area contributed by atoms with Crippen LogP contribution in [0, 0.1) is 0 Å². The summed E-state index contributed by atoms with van der Waals surface area (Å²) in [6.45, 7) is 5.25. The number of aliphatic carboxylic acids is 1. The van der Waals surface area contributed by atoms with Gasteiger partial charge in [0.2, 0.25) is 5.75 Å². The molecule has 160 valence electrons. The highest BCUT2D eigenvalue weighted by molar-refractivity contribution is 7.92. The van der Waals surface area contributed by atoms with Gasteiger partial charge in [-0.1, -0.05) is 29.3 Å². The van der Waals surface area contributed by atoms with E-state index in [1.54, 1.807) is 11.0 Å². The SMILES string of the molecule is C[C@@H]1[C@@H](C)N(c2cccc(Cl)c2)CCN1C(=O)c1ccc([S+]([O-])CC(=O)O)c(Cl)c1. The molecule has 2 aromatic rings. The summed E-state index contributed by atoms with van der Waals surface area (Å²) < 4.78 is 12.1. The van der Waals surface area contributed by atoms with Crippen LogP contribution < -0.4 is 4.90 Å². The van der Waals surface area contributed by atoms with Gasteiger partial charge in [-0.25, -0.2) is 4.79 Å². The maximum atomic E-state index is 13.1. The number of hydrogen-bond acceptors (Lipinski definition) is 4. The molecular weight excluding hydrogens is 447 g/mol. The summed E-state index contributed by atoms with van der Waals surface area (Å²) in [5, 5.41) is 9.61. The third kappa shape index (κ3) is 4.86. The largest absolute Gasteiger partial charge is 0.611 e. The van der Waals surface area contributed by atoms with Gasteiger partial charge < -0.3 is 19.5 Å². The quantitative estimate of drug-likeness (QED) is 0.671. The van der Waals surface area contributed by atoms with Crippen LogP contribution in [-0.4, -0.2) is 57.4 Å². The van der Waals surface area contributed by atoms with E-state index in [9.17, 15) is 14.1 Å². The Morgan fingerprint density at radius 1 is 1.13 bits per heavy atom. The van der Waals surface area contributed by atoms with E-state index in [0.717, 1.165) is 5.69 Å². The zero-order chi connectivity index (χ0) is 22.0. The van der Waals surface area contributed by atoms with E-state index in [-0.39, 0.29) is 27.9 Å². The summed E-state index contributed by atoms with van der Waals surface area (Å²) in [6.07, 6.45) is 0. The van der Waals surface area contributed by atoms with Crippen LogP contribution in [0.5, 0.6) is 0 Å². The number of halogens is 2. The lowest BCUT2D eigenvalue weighted by molar-refractivity contribution is -0.134. The number of rotatable bonds is 5. The number of nitrogens with zero attached hydrogens (tertiary/aromatic N) is 2. The molecule has 1 heterocycles. The van der Waals surface area contributed by atoms with Crippen LogP contribution in [0.15, 0.2) is 47.4 Å². The summed E-state index contributed by atoms with van der Waals surface area (Å²) in [6, 6.07) is 12.1. The van der Waals surface area contributed by atoms with Crippen LogP contribution in [-0.2, 0) is 16.0 Å². The third-order valence-corrected chi connectivity index (χ3v) is 7.36. The molecule has 2 aromatic carbocycles. The van der Waals surface area contributed by atoms with E-state index < -0.39 is 22.9 Å². The molecule has 1 unspecified atom stereocenters. The Bertz CT molecular complexity index is 958. The van der Waals surface area contributed by atoms with E-state index in [0.29, 0.717) is 23.7 Å². The van der Waals surface area contributed by atoms with E-state index in [2.05, 4.69) is 11.8 Å². The van der Waals surface area contributed by atoms with Crippen molar-refractivity contribution < 1.29 is 19.2 Å². The number of carbonyl (C=O) groups is 2. The molecule has 9 heteroatoms. The van der Waals surface area contributed by atoms with Crippen molar-refractivity contribution in [3.63, 3.8) is 0 Å². The van der Waals surface area contributed by atoms with Crippen molar-refractivity contribution in [2.75, 3.05) is 23.7 Å². The highest BCUT2D eigenvalue weighted by Gasteiger charge is 2.34. The summed E-state index contributed by atoms with van der Waals surface area (Å²) in [5.41, 5.74) is 1.40. The maximum Gasteiger partial charge on any atom is 0.354 e. The first kappa shape index (κ1) is 22.7. The second-order valence-corrected chi connectivity index (χ2v) is 9.44. The number of benzene rings is 2. The Hall–Kier alpha value is -1.93. The molecule has 0 aromatic heterocycles. The third-order valence-electron chi connectivity index (χ3n) is 5.34. The molecular formula is C21H22Cl2N2O4S. The van der Waals surface area contributed by atoms with E-state index in [4.69, 9.17) is 28.3 Å². The molecule has 0 radical (unpaired) electrons. The molecule has 1 aliphatic heterocycles. The smallest absolute Gasteiger partial charge is 0.354 e. The molecule has 0 aliphatic carbocycles. The summed E-state index contributed by atoms with van der Waals surface area (Å²) in [7, 11) is 0. The molecule has 1 amide bonds. The van der Waals surface area contributed by atoms with Crippen LogP contribution in [0.2, 0.25) is 10.0 Å². The Labute approximate surface area is 188 Å². The van der Waals surface area contributed by atoms with Crippen LogP contribution in [0.1, 0.15) is 24.2 Å². The average molecular weight is 469 g/mol. The van der Waals surface area contributed by atoms with E-state index in [1.807, 2.05) is 31.2 Å². The van der Waals surface area contributed by atoms with Crippen molar-refractivity contribution in [1.29, 1.82) is 0 Å². The monoisotopic (exact) mass is 468 g/mol. The van der Waals surface area contributed by atoms with Gasteiger partial charge in [0.05, 0.1) is 5.02 Å². The van der Waals surface area contributed by atoms with Crippen LogP contribution in [0.3, 0.4) is 0 Å². The molecule has 1 fully saturated rings. The van der Waals surface area contributed by atoms with E-state index in [1.165, 1.54) is 12.1 Å². The number of piperazine rings is 1. The first-order valence-corrected chi connectivity index (χ1v) is 11.5. The fourth-order valence-electron chi connectivity index (χ4n) is 3.62. The number of anilines is 1. The minimum absolute atomic E-state index is 0.0650. The molecule has 30 heavy (non-hydrogen) atoms. The standard InChI is InChI=1S/C21H22Cl2N2O4S/c1-13-14(2)25(9-8-24(13)17-5-3-4-16(22)11-17)21(28)15-6-7-19(18(23)10-15)30(29)12-20(26)27/h3-7,10-11,13-14H,8-9,12H2,1-2H3,(H,26,27)/t13-,14-,30?/m1/s1. The van der Waals surface area contributed by atoms with Gasteiger partial charge >= 0.3 is 5.97 Å². The van der Waals surface area contributed by atoms with Crippen molar-refractivity contribution in [3.8, 4) is 0 Å². The Kier molecular flexibility index (Phi) is 7.18. The number of carbonyl (C=O) groups excluding carboxylic acids is 1. The first-order chi connectivity index (χ1) is 14.2. The van der Waals surface area contributed by atoms with Gasteiger partial charge in [0, 0.05) is 41.4 Å². The van der Waals surface area contributed by atoms with Crippen molar-refractivity contribution in [3.05, 3.63) is 58.1 Å². The highest BCUT2D eigenvalue weighted by Crippen LogP contribution is 2.29. The van der Waals surface area contributed by atoms with Crippen LogP contribution >= 0.6 is 23.2 Å². The van der Waals surface area contributed by atoms with Gasteiger partial charge in [-0.05, 0) is 61.4 Å². The fraction of sp³-hybridized carbons (Fsp3) is 0.333.